The monoisotopic (exact) mass is 279 g/mol. The topological polar surface area (TPSA) is 60.0 Å². The van der Waals surface area contributed by atoms with Gasteiger partial charge in [-0.05, 0) is 17.7 Å². The number of benzene rings is 1. The Labute approximate surface area is 118 Å². The molecule has 110 valence electrons. The summed E-state index contributed by atoms with van der Waals surface area (Å²) in [6, 6.07) is 5.59. The number of fused-ring (bicyclic) bond motifs is 1. The van der Waals surface area contributed by atoms with Crippen LogP contribution < -0.4 is 14.8 Å². The molecular weight excluding hydrogens is 258 g/mol. The number of hydrogen-bond acceptors (Lipinski definition) is 5. The first-order valence-electron chi connectivity index (χ1n) is 7.02. The molecule has 0 spiro atoms. The van der Waals surface area contributed by atoms with E-state index < -0.39 is 6.10 Å². The second kappa shape index (κ2) is 5.60. The van der Waals surface area contributed by atoms with Crippen LogP contribution in [0.25, 0.3) is 0 Å². The maximum absolute atomic E-state index is 10.2. The van der Waals surface area contributed by atoms with Crippen molar-refractivity contribution in [2.75, 3.05) is 39.5 Å². The molecule has 0 radical (unpaired) electrons. The maximum atomic E-state index is 10.2. The molecular formula is C15H21NO4. The Kier molecular flexibility index (Phi) is 3.83. The largest absolute Gasteiger partial charge is 0.486 e. The molecule has 5 nitrogen and oxygen atoms in total. The van der Waals surface area contributed by atoms with Gasteiger partial charge in [-0.15, -0.1) is 0 Å². The van der Waals surface area contributed by atoms with E-state index in [1.807, 2.05) is 18.2 Å². The van der Waals surface area contributed by atoms with E-state index in [9.17, 15) is 5.11 Å². The van der Waals surface area contributed by atoms with Crippen LogP contribution >= 0.6 is 0 Å². The third-order valence-electron chi connectivity index (χ3n) is 3.74. The fraction of sp³-hybridized carbons (Fsp3) is 0.600. The molecule has 2 aliphatic rings. The Hall–Kier alpha value is -1.30. The van der Waals surface area contributed by atoms with Crippen molar-refractivity contribution in [3.8, 4) is 11.5 Å². The summed E-state index contributed by atoms with van der Waals surface area (Å²) in [5, 5.41) is 13.5. The minimum absolute atomic E-state index is 0.215. The quantitative estimate of drug-likeness (QED) is 0.846. The summed E-state index contributed by atoms with van der Waals surface area (Å²) in [7, 11) is 0. The fourth-order valence-electron chi connectivity index (χ4n) is 2.45. The Morgan fingerprint density at radius 2 is 2.00 bits per heavy atom. The summed E-state index contributed by atoms with van der Waals surface area (Å²) in [6.07, 6.45) is -0.546. The highest BCUT2D eigenvalue weighted by atomic mass is 16.6. The minimum Gasteiger partial charge on any atom is -0.486 e. The molecule has 1 aromatic rings. The van der Waals surface area contributed by atoms with Crippen LogP contribution in [0, 0.1) is 5.41 Å². The van der Waals surface area contributed by atoms with Crippen molar-refractivity contribution < 1.29 is 19.3 Å². The second-order valence-corrected chi connectivity index (χ2v) is 5.85. The van der Waals surface area contributed by atoms with Crippen molar-refractivity contribution in [1.29, 1.82) is 0 Å². The van der Waals surface area contributed by atoms with E-state index in [0.717, 1.165) is 31.1 Å². The molecule has 3 rings (SSSR count). The molecule has 1 aromatic carbocycles. The summed E-state index contributed by atoms with van der Waals surface area (Å²) in [5.74, 6) is 1.46. The average molecular weight is 279 g/mol. The number of aliphatic hydroxyl groups excluding tert-OH is 1. The van der Waals surface area contributed by atoms with Crippen molar-refractivity contribution in [1.82, 2.24) is 5.32 Å². The summed E-state index contributed by atoms with van der Waals surface area (Å²) in [4.78, 5) is 0. The molecule has 0 aliphatic carbocycles. The molecule has 1 atom stereocenters. The first-order valence-corrected chi connectivity index (χ1v) is 7.02. The molecule has 1 fully saturated rings. The smallest absolute Gasteiger partial charge is 0.161 e. The van der Waals surface area contributed by atoms with Crippen molar-refractivity contribution in [2.24, 2.45) is 5.41 Å². The number of nitrogens with one attached hydrogen (secondary N) is 1. The first kappa shape index (κ1) is 13.7. The Bertz CT molecular complexity index is 473. The van der Waals surface area contributed by atoms with Crippen LogP contribution in [-0.4, -0.2) is 44.6 Å². The van der Waals surface area contributed by atoms with Crippen LogP contribution in [0.5, 0.6) is 11.5 Å². The first-order chi connectivity index (χ1) is 9.66. The lowest BCUT2D eigenvalue weighted by Gasteiger charge is -2.38. The molecule has 5 heteroatoms. The number of aliphatic hydroxyl groups is 1. The summed E-state index contributed by atoms with van der Waals surface area (Å²) >= 11 is 0. The zero-order valence-electron chi connectivity index (χ0n) is 11.7. The van der Waals surface area contributed by atoms with E-state index in [4.69, 9.17) is 14.2 Å². The van der Waals surface area contributed by atoms with Gasteiger partial charge in [0.2, 0.25) is 0 Å². The van der Waals surface area contributed by atoms with Gasteiger partial charge in [-0.25, -0.2) is 0 Å². The highest BCUT2D eigenvalue weighted by Gasteiger charge is 2.32. The highest BCUT2D eigenvalue weighted by molar-refractivity contribution is 5.44. The minimum atomic E-state index is -0.546. The zero-order valence-corrected chi connectivity index (χ0v) is 11.7. The lowest BCUT2D eigenvalue weighted by atomic mass is 9.88. The standard InChI is InChI=1S/C15H21NO4/c1-15(9-18-10-15)8-16-7-12(17)11-2-3-13-14(6-11)20-5-4-19-13/h2-3,6,12,16-17H,4-5,7-10H2,1H3. The van der Waals surface area contributed by atoms with Gasteiger partial charge in [0.1, 0.15) is 13.2 Å². The van der Waals surface area contributed by atoms with Gasteiger partial charge in [0.15, 0.2) is 11.5 Å². The molecule has 2 aliphatic heterocycles. The molecule has 0 saturated carbocycles. The molecule has 1 unspecified atom stereocenters. The third kappa shape index (κ3) is 2.90. The lowest BCUT2D eigenvalue weighted by molar-refractivity contribution is -0.0996. The zero-order chi connectivity index (χ0) is 14.0. The van der Waals surface area contributed by atoms with Gasteiger partial charge in [0.25, 0.3) is 0 Å². The van der Waals surface area contributed by atoms with Crippen molar-refractivity contribution in [3.63, 3.8) is 0 Å². The van der Waals surface area contributed by atoms with Crippen LogP contribution in [0.4, 0.5) is 0 Å². The lowest BCUT2D eigenvalue weighted by Crippen LogP contribution is -2.47. The van der Waals surface area contributed by atoms with Gasteiger partial charge >= 0.3 is 0 Å². The second-order valence-electron chi connectivity index (χ2n) is 5.85. The van der Waals surface area contributed by atoms with Crippen molar-refractivity contribution in [2.45, 2.75) is 13.0 Å². The maximum Gasteiger partial charge on any atom is 0.161 e. The Morgan fingerprint density at radius 1 is 1.25 bits per heavy atom. The molecule has 0 amide bonds. The van der Waals surface area contributed by atoms with E-state index in [1.165, 1.54) is 0 Å². The SMILES string of the molecule is CC1(CNCC(O)c2ccc3c(c2)OCCO3)COC1. The summed E-state index contributed by atoms with van der Waals surface area (Å²) < 4.78 is 16.2. The van der Waals surface area contributed by atoms with Crippen LogP contribution in [0.15, 0.2) is 18.2 Å². The van der Waals surface area contributed by atoms with Gasteiger partial charge in [0.05, 0.1) is 19.3 Å². The van der Waals surface area contributed by atoms with Gasteiger partial charge in [-0.2, -0.15) is 0 Å². The van der Waals surface area contributed by atoms with Gasteiger partial charge in [-0.1, -0.05) is 13.0 Å². The van der Waals surface area contributed by atoms with Crippen LogP contribution in [0.3, 0.4) is 0 Å². The normalized spacial score (nSPS) is 21.1. The summed E-state index contributed by atoms with van der Waals surface area (Å²) in [6.45, 7) is 6.28. The molecule has 1 saturated heterocycles. The molecule has 20 heavy (non-hydrogen) atoms. The predicted molar refractivity (Wildman–Crippen MR) is 74.2 cm³/mol. The van der Waals surface area contributed by atoms with E-state index in [1.54, 1.807) is 0 Å². The molecule has 2 N–H and O–H groups in total. The van der Waals surface area contributed by atoms with E-state index in [-0.39, 0.29) is 5.41 Å². The van der Waals surface area contributed by atoms with Crippen LogP contribution in [0.2, 0.25) is 0 Å². The predicted octanol–water partition coefficient (Wildman–Crippen LogP) is 1.12. The molecule has 0 bridgehead atoms. The van der Waals surface area contributed by atoms with E-state index >= 15 is 0 Å². The van der Waals surface area contributed by atoms with Gasteiger partial charge < -0.3 is 24.6 Å². The van der Waals surface area contributed by atoms with Gasteiger partial charge in [-0.3, -0.25) is 0 Å². The average Bonchev–Trinajstić information content (AvgIpc) is 2.45. The van der Waals surface area contributed by atoms with Crippen molar-refractivity contribution in [3.05, 3.63) is 23.8 Å². The van der Waals surface area contributed by atoms with Gasteiger partial charge in [0, 0.05) is 18.5 Å². The summed E-state index contributed by atoms with van der Waals surface area (Å²) in [5.41, 5.74) is 1.06. The number of rotatable bonds is 5. The third-order valence-corrected chi connectivity index (χ3v) is 3.74. The Morgan fingerprint density at radius 3 is 2.70 bits per heavy atom. The van der Waals surface area contributed by atoms with E-state index in [2.05, 4.69) is 12.2 Å². The highest BCUT2D eigenvalue weighted by Crippen LogP contribution is 2.32. The number of ether oxygens (including phenoxy) is 3. The molecule has 0 aromatic heterocycles. The van der Waals surface area contributed by atoms with Crippen LogP contribution in [0.1, 0.15) is 18.6 Å². The molecule has 2 heterocycles. The van der Waals surface area contributed by atoms with Crippen LogP contribution in [-0.2, 0) is 4.74 Å². The fourth-order valence-corrected chi connectivity index (χ4v) is 2.45. The Balaban J connectivity index is 1.55. The number of hydrogen-bond donors (Lipinski definition) is 2. The van der Waals surface area contributed by atoms with E-state index in [0.29, 0.717) is 25.5 Å². The van der Waals surface area contributed by atoms with Crippen molar-refractivity contribution >= 4 is 0 Å².